The average Bonchev–Trinajstić information content (AvgIpc) is 2.89. The van der Waals surface area contributed by atoms with Crippen LogP contribution in [0.3, 0.4) is 0 Å². The van der Waals surface area contributed by atoms with E-state index in [4.69, 9.17) is 4.74 Å². The summed E-state index contributed by atoms with van der Waals surface area (Å²) >= 11 is 0. The molecule has 1 aliphatic rings. The van der Waals surface area contributed by atoms with E-state index in [1.54, 1.807) is 0 Å². The van der Waals surface area contributed by atoms with E-state index in [9.17, 15) is 0 Å². The number of aromatic nitrogens is 2. The Bertz CT molecular complexity index is 329. The molecule has 4 nitrogen and oxygen atoms in total. The summed E-state index contributed by atoms with van der Waals surface area (Å²) < 4.78 is 7.59. The third-order valence-electron chi connectivity index (χ3n) is 2.96. The quantitative estimate of drug-likeness (QED) is 0.820. The molecular weight excluding hydrogens is 214 g/mol. The lowest BCUT2D eigenvalue weighted by Crippen LogP contribution is -2.25. The number of nitrogens with one attached hydrogen (secondary N) is 1. The maximum Gasteiger partial charge on any atom is 0.0700 e. The van der Waals surface area contributed by atoms with Crippen LogP contribution in [0, 0.1) is 5.92 Å². The van der Waals surface area contributed by atoms with E-state index in [1.807, 2.05) is 10.9 Å². The first-order valence-corrected chi connectivity index (χ1v) is 6.57. The van der Waals surface area contributed by atoms with Crippen LogP contribution in [-0.4, -0.2) is 29.0 Å². The molecule has 0 saturated carbocycles. The summed E-state index contributed by atoms with van der Waals surface area (Å²) in [6.45, 7) is 8.17. The number of nitrogens with zero attached hydrogens (tertiary/aromatic N) is 2. The van der Waals surface area contributed by atoms with Gasteiger partial charge in [0.05, 0.1) is 12.3 Å². The van der Waals surface area contributed by atoms with Crippen molar-refractivity contribution in [2.24, 2.45) is 5.92 Å². The van der Waals surface area contributed by atoms with Crippen LogP contribution in [-0.2, 0) is 17.8 Å². The molecule has 1 N–H and O–H groups in total. The average molecular weight is 237 g/mol. The van der Waals surface area contributed by atoms with Gasteiger partial charge in [-0.2, -0.15) is 5.10 Å². The highest BCUT2D eigenvalue weighted by Crippen LogP contribution is 2.10. The molecule has 96 valence electrons. The van der Waals surface area contributed by atoms with Crippen LogP contribution >= 0.6 is 0 Å². The second-order valence-electron chi connectivity index (χ2n) is 5.23. The third-order valence-corrected chi connectivity index (χ3v) is 2.96. The predicted molar refractivity (Wildman–Crippen MR) is 67.7 cm³/mol. The van der Waals surface area contributed by atoms with Crippen LogP contribution in [0.15, 0.2) is 12.4 Å². The van der Waals surface area contributed by atoms with E-state index < -0.39 is 0 Å². The summed E-state index contributed by atoms with van der Waals surface area (Å²) in [4.78, 5) is 0. The van der Waals surface area contributed by atoms with Crippen molar-refractivity contribution in [1.82, 2.24) is 15.1 Å². The van der Waals surface area contributed by atoms with Crippen LogP contribution in [0.4, 0.5) is 0 Å². The fourth-order valence-electron chi connectivity index (χ4n) is 2.15. The molecule has 17 heavy (non-hydrogen) atoms. The number of rotatable bonds is 6. The fourth-order valence-corrected chi connectivity index (χ4v) is 2.15. The van der Waals surface area contributed by atoms with Gasteiger partial charge >= 0.3 is 0 Å². The molecule has 1 aromatic rings. The lowest BCUT2D eigenvalue weighted by molar-refractivity contribution is 0.110. The van der Waals surface area contributed by atoms with Crippen molar-refractivity contribution >= 4 is 0 Å². The van der Waals surface area contributed by atoms with Gasteiger partial charge in [0, 0.05) is 38.0 Å². The van der Waals surface area contributed by atoms with E-state index >= 15 is 0 Å². The standard InChI is InChI=1S/C13H23N3O/c1-11(2)9-16-10-12(7-15-16)6-14-8-13-4-3-5-17-13/h7,10-11,13-14H,3-6,8-9H2,1-2H3/t13-/m1/s1. The molecule has 1 aromatic heterocycles. The Morgan fingerprint density at radius 1 is 1.59 bits per heavy atom. The minimum absolute atomic E-state index is 0.417. The van der Waals surface area contributed by atoms with E-state index in [0.717, 1.165) is 26.2 Å². The molecule has 0 amide bonds. The van der Waals surface area contributed by atoms with E-state index in [2.05, 4.69) is 30.5 Å². The molecule has 0 aromatic carbocycles. The third kappa shape index (κ3) is 4.13. The summed E-state index contributed by atoms with van der Waals surface area (Å²) in [7, 11) is 0. The molecule has 1 aliphatic heterocycles. The van der Waals surface area contributed by atoms with Crippen LogP contribution in [0.5, 0.6) is 0 Å². The minimum atomic E-state index is 0.417. The summed E-state index contributed by atoms with van der Waals surface area (Å²) in [6, 6.07) is 0. The van der Waals surface area contributed by atoms with Crippen molar-refractivity contribution in [3.05, 3.63) is 18.0 Å². The molecule has 1 fully saturated rings. The van der Waals surface area contributed by atoms with Crippen molar-refractivity contribution in [2.45, 2.75) is 45.9 Å². The molecule has 0 radical (unpaired) electrons. The Morgan fingerprint density at radius 2 is 2.47 bits per heavy atom. The molecule has 0 aliphatic carbocycles. The van der Waals surface area contributed by atoms with Crippen molar-refractivity contribution < 1.29 is 4.74 Å². The number of ether oxygens (including phenoxy) is 1. The lowest BCUT2D eigenvalue weighted by Gasteiger charge is -2.09. The highest BCUT2D eigenvalue weighted by Gasteiger charge is 2.14. The smallest absolute Gasteiger partial charge is 0.0700 e. The zero-order valence-corrected chi connectivity index (χ0v) is 10.9. The Kier molecular flexibility index (Phi) is 4.57. The van der Waals surface area contributed by atoms with Crippen LogP contribution in [0.2, 0.25) is 0 Å². The Labute approximate surface area is 103 Å². The zero-order valence-electron chi connectivity index (χ0n) is 10.9. The van der Waals surface area contributed by atoms with Gasteiger partial charge in [0.25, 0.3) is 0 Å². The molecule has 2 heterocycles. The normalized spacial score (nSPS) is 20.3. The molecule has 1 atom stereocenters. The molecule has 1 saturated heterocycles. The van der Waals surface area contributed by atoms with E-state index in [-0.39, 0.29) is 0 Å². The van der Waals surface area contributed by atoms with Gasteiger partial charge in [-0.25, -0.2) is 0 Å². The largest absolute Gasteiger partial charge is 0.377 e. The van der Waals surface area contributed by atoms with Crippen LogP contribution in [0.25, 0.3) is 0 Å². The first-order chi connectivity index (χ1) is 8.24. The summed E-state index contributed by atoms with van der Waals surface area (Å²) in [5.74, 6) is 0.641. The predicted octanol–water partition coefficient (Wildman–Crippen LogP) is 1.81. The maximum atomic E-state index is 5.57. The highest BCUT2D eigenvalue weighted by atomic mass is 16.5. The molecule has 0 spiro atoms. The second-order valence-corrected chi connectivity index (χ2v) is 5.23. The fraction of sp³-hybridized carbons (Fsp3) is 0.769. The lowest BCUT2D eigenvalue weighted by atomic mass is 10.2. The van der Waals surface area contributed by atoms with Crippen molar-refractivity contribution in [2.75, 3.05) is 13.2 Å². The van der Waals surface area contributed by atoms with E-state index in [0.29, 0.717) is 12.0 Å². The van der Waals surface area contributed by atoms with Gasteiger partial charge in [0.15, 0.2) is 0 Å². The molecule has 2 rings (SSSR count). The van der Waals surface area contributed by atoms with Crippen LogP contribution < -0.4 is 5.32 Å². The monoisotopic (exact) mass is 237 g/mol. The SMILES string of the molecule is CC(C)Cn1cc(CNC[C@H]2CCCO2)cn1. The summed E-state index contributed by atoms with van der Waals surface area (Å²) in [5.41, 5.74) is 1.25. The van der Waals surface area contributed by atoms with Crippen molar-refractivity contribution in [1.29, 1.82) is 0 Å². The van der Waals surface area contributed by atoms with Crippen LogP contribution in [0.1, 0.15) is 32.3 Å². The van der Waals surface area contributed by atoms with Gasteiger partial charge in [-0.3, -0.25) is 4.68 Å². The van der Waals surface area contributed by atoms with Gasteiger partial charge in [-0.05, 0) is 18.8 Å². The molecule has 0 bridgehead atoms. The summed E-state index contributed by atoms with van der Waals surface area (Å²) in [5, 5.41) is 7.78. The first-order valence-electron chi connectivity index (χ1n) is 6.57. The molecule has 0 unspecified atom stereocenters. The molecule has 4 heteroatoms. The van der Waals surface area contributed by atoms with Crippen molar-refractivity contribution in [3.63, 3.8) is 0 Å². The topological polar surface area (TPSA) is 39.1 Å². The maximum absolute atomic E-state index is 5.57. The highest BCUT2D eigenvalue weighted by molar-refractivity contribution is 5.03. The summed E-state index contributed by atoms with van der Waals surface area (Å²) in [6.07, 6.45) is 6.90. The van der Waals surface area contributed by atoms with Gasteiger partial charge in [-0.1, -0.05) is 13.8 Å². The Hall–Kier alpha value is -0.870. The van der Waals surface area contributed by atoms with Crippen molar-refractivity contribution in [3.8, 4) is 0 Å². The number of hydrogen-bond donors (Lipinski definition) is 1. The molecular formula is C13H23N3O. The zero-order chi connectivity index (χ0) is 12.1. The minimum Gasteiger partial charge on any atom is -0.377 e. The second kappa shape index (κ2) is 6.17. The first kappa shape index (κ1) is 12.6. The number of hydrogen-bond acceptors (Lipinski definition) is 3. The van der Waals surface area contributed by atoms with Gasteiger partial charge in [0.2, 0.25) is 0 Å². The van der Waals surface area contributed by atoms with E-state index in [1.165, 1.54) is 18.4 Å². The van der Waals surface area contributed by atoms with Gasteiger partial charge in [0.1, 0.15) is 0 Å². The van der Waals surface area contributed by atoms with Gasteiger partial charge < -0.3 is 10.1 Å². The Morgan fingerprint density at radius 3 is 3.18 bits per heavy atom. The van der Waals surface area contributed by atoms with Gasteiger partial charge in [-0.15, -0.1) is 0 Å². The Balaban J connectivity index is 1.69.